The first-order valence-electron chi connectivity index (χ1n) is 11.2. The van der Waals surface area contributed by atoms with Crippen LogP contribution in [0.3, 0.4) is 0 Å². The predicted octanol–water partition coefficient (Wildman–Crippen LogP) is 4.50. The minimum absolute atomic E-state index is 0.0121. The molecule has 2 atom stereocenters. The Labute approximate surface area is 185 Å². The molecule has 6 nitrogen and oxygen atoms in total. The molecule has 31 heavy (non-hydrogen) atoms. The van der Waals surface area contributed by atoms with Crippen molar-refractivity contribution in [3.8, 4) is 0 Å². The topological polar surface area (TPSA) is 70.4 Å². The van der Waals surface area contributed by atoms with Crippen molar-refractivity contribution in [1.82, 2.24) is 20.9 Å². The number of rotatable bonds is 4. The molecule has 0 saturated heterocycles. The van der Waals surface area contributed by atoms with Gasteiger partial charge >= 0.3 is 0 Å². The normalized spacial score (nSPS) is 21.4. The minimum Gasteiger partial charge on any atom is -0.360 e. The summed E-state index contributed by atoms with van der Waals surface area (Å²) in [4.78, 5) is 13.2. The highest BCUT2D eigenvalue weighted by atomic mass is 16.5. The molecule has 0 bridgehead atoms. The molecule has 2 heterocycles. The zero-order valence-corrected chi connectivity index (χ0v) is 19.5. The van der Waals surface area contributed by atoms with E-state index in [2.05, 4.69) is 79.8 Å². The first-order valence-corrected chi connectivity index (χ1v) is 11.2. The van der Waals surface area contributed by atoms with E-state index >= 15 is 0 Å². The standard InChI is InChI=1S/C25H34N4O2/c1-15-9-7-8-10-18(15)14-29-17(3)22(16(2)27-29)26-24(30)23-20-13-19(25(4,5)6)11-12-21(20)31-28-23/h7-10,16,19,27H,11-14H2,1-6H3,(H,26,30)/t16-,19-/m0/s1. The zero-order valence-electron chi connectivity index (χ0n) is 19.5. The van der Waals surface area contributed by atoms with Gasteiger partial charge in [0.2, 0.25) is 0 Å². The summed E-state index contributed by atoms with van der Waals surface area (Å²) in [5, 5.41) is 9.40. The predicted molar refractivity (Wildman–Crippen MR) is 121 cm³/mol. The molecule has 2 aliphatic rings. The van der Waals surface area contributed by atoms with Gasteiger partial charge in [0.25, 0.3) is 5.91 Å². The van der Waals surface area contributed by atoms with Gasteiger partial charge in [0, 0.05) is 17.7 Å². The van der Waals surface area contributed by atoms with Crippen molar-refractivity contribution in [3.63, 3.8) is 0 Å². The summed E-state index contributed by atoms with van der Waals surface area (Å²) in [5.41, 5.74) is 9.51. The molecule has 1 amide bonds. The number of hydrogen-bond donors (Lipinski definition) is 2. The van der Waals surface area contributed by atoms with E-state index in [0.717, 1.165) is 48.5 Å². The van der Waals surface area contributed by atoms with Gasteiger partial charge in [-0.25, -0.2) is 5.43 Å². The van der Waals surface area contributed by atoms with Crippen LogP contribution >= 0.6 is 0 Å². The SMILES string of the molecule is CC1=C(NC(=O)c2noc3c2C[C@@H](C(C)(C)C)CC3)[C@H](C)NN1Cc1ccccc1C. The molecule has 1 aliphatic heterocycles. The van der Waals surface area contributed by atoms with Crippen LogP contribution < -0.4 is 10.7 Å². The van der Waals surface area contributed by atoms with E-state index in [1.165, 1.54) is 11.1 Å². The second-order valence-corrected chi connectivity index (χ2v) is 10.1. The van der Waals surface area contributed by atoms with E-state index in [4.69, 9.17) is 4.52 Å². The van der Waals surface area contributed by atoms with Crippen LogP contribution in [0.1, 0.15) is 74.0 Å². The Morgan fingerprint density at radius 2 is 2.03 bits per heavy atom. The molecule has 2 aromatic rings. The fourth-order valence-corrected chi connectivity index (χ4v) is 4.68. The minimum atomic E-state index is -0.180. The number of nitrogens with one attached hydrogen (secondary N) is 2. The average molecular weight is 423 g/mol. The number of nitrogens with zero attached hydrogens (tertiary/aromatic N) is 2. The third-order valence-electron chi connectivity index (χ3n) is 6.89. The van der Waals surface area contributed by atoms with Crippen LogP contribution in [0.5, 0.6) is 0 Å². The van der Waals surface area contributed by atoms with Crippen LogP contribution in [0.15, 0.2) is 40.2 Å². The zero-order chi connectivity index (χ0) is 22.3. The van der Waals surface area contributed by atoms with Gasteiger partial charge in [-0.15, -0.1) is 0 Å². The summed E-state index contributed by atoms with van der Waals surface area (Å²) in [7, 11) is 0. The summed E-state index contributed by atoms with van der Waals surface area (Å²) in [6, 6.07) is 8.38. The van der Waals surface area contributed by atoms with E-state index < -0.39 is 0 Å². The number of hydrazine groups is 1. The third-order valence-corrected chi connectivity index (χ3v) is 6.89. The Hall–Kier alpha value is -2.60. The van der Waals surface area contributed by atoms with Gasteiger partial charge in [0.15, 0.2) is 5.69 Å². The van der Waals surface area contributed by atoms with Crippen molar-refractivity contribution in [3.05, 3.63) is 63.8 Å². The molecule has 0 spiro atoms. The van der Waals surface area contributed by atoms with Gasteiger partial charge in [-0.05, 0) is 56.1 Å². The van der Waals surface area contributed by atoms with Crippen LogP contribution in [0.4, 0.5) is 0 Å². The molecule has 166 valence electrons. The fraction of sp³-hybridized carbons (Fsp3) is 0.520. The Kier molecular flexibility index (Phi) is 5.69. The summed E-state index contributed by atoms with van der Waals surface area (Å²) in [6.45, 7) is 13.8. The molecule has 2 N–H and O–H groups in total. The van der Waals surface area contributed by atoms with Gasteiger partial charge in [0.1, 0.15) is 5.76 Å². The van der Waals surface area contributed by atoms with Gasteiger partial charge in [-0.2, -0.15) is 0 Å². The number of hydrogen-bond acceptors (Lipinski definition) is 5. The lowest BCUT2D eigenvalue weighted by atomic mass is 9.71. The summed E-state index contributed by atoms with van der Waals surface area (Å²) in [6.07, 6.45) is 2.77. The van der Waals surface area contributed by atoms with Crippen molar-refractivity contribution in [1.29, 1.82) is 0 Å². The number of carbonyl (C=O) groups is 1. The monoisotopic (exact) mass is 422 g/mol. The maximum Gasteiger partial charge on any atom is 0.277 e. The van der Waals surface area contributed by atoms with Crippen molar-refractivity contribution >= 4 is 5.91 Å². The molecule has 0 fully saturated rings. The summed E-state index contributed by atoms with van der Waals surface area (Å²) in [5.74, 6) is 1.21. The quantitative estimate of drug-likeness (QED) is 0.759. The number of aromatic nitrogens is 1. The molecular formula is C25H34N4O2. The van der Waals surface area contributed by atoms with E-state index in [1.807, 2.05) is 6.92 Å². The van der Waals surface area contributed by atoms with Crippen LogP contribution in [-0.2, 0) is 19.4 Å². The first kappa shape index (κ1) is 21.6. The smallest absolute Gasteiger partial charge is 0.277 e. The molecule has 1 aromatic heterocycles. The van der Waals surface area contributed by atoms with Crippen molar-refractivity contribution in [2.24, 2.45) is 11.3 Å². The Morgan fingerprint density at radius 1 is 1.29 bits per heavy atom. The lowest BCUT2D eigenvalue weighted by molar-refractivity contribution is 0.0953. The summed E-state index contributed by atoms with van der Waals surface area (Å²) < 4.78 is 5.55. The van der Waals surface area contributed by atoms with Crippen LogP contribution in [0.2, 0.25) is 0 Å². The third kappa shape index (κ3) is 4.26. The second kappa shape index (κ2) is 8.15. The Bertz CT molecular complexity index is 1010. The number of carbonyl (C=O) groups excluding carboxylic acids is 1. The molecule has 1 aliphatic carbocycles. The largest absolute Gasteiger partial charge is 0.360 e. The fourth-order valence-electron chi connectivity index (χ4n) is 4.68. The lowest BCUT2D eigenvalue weighted by Crippen LogP contribution is -2.37. The highest BCUT2D eigenvalue weighted by Crippen LogP contribution is 2.38. The summed E-state index contributed by atoms with van der Waals surface area (Å²) >= 11 is 0. The maximum absolute atomic E-state index is 13.2. The molecule has 0 radical (unpaired) electrons. The van der Waals surface area contributed by atoms with E-state index in [1.54, 1.807) is 0 Å². The number of amides is 1. The van der Waals surface area contributed by atoms with Gasteiger partial charge < -0.3 is 14.8 Å². The highest BCUT2D eigenvalue weighted by molar-refractivity contribution is 5.95. The maximum atomic E-state index is 13.2. The molecule has 1 aromatic carbocycles. The first-order chi connectivity index (χ1) is 14.6. The van der Waals surface area contributed by atoms with Crippen LogP contribution in [0, 0.1) is 18.3 Å². The Balaban J connectivity index is 1.52. The van der Waals surface area contributed by atoms with Gasteiger partial charge in [-0.3, -0.25) is 4.79 Å². The van der Waals surface area contributed by atoms with Gasteiger partial charge in [-0.1, -0.05) is 50.2 Å². The van der Waals surface area contributed by atoms with Crippen molar-refractivity contribution in [2.75, 3.05) is 0 Å². The molecule has 4 rings (SSSR count). The molecule has 6 heteroatoms. The van der Waals surface area contributed by atoms with Crippen LogP contribution in [-0.4, -0.2) is 22.1 Å². The molecule has 0 unspecified atom stereocenters. The molecular weight excluding hydrogens is 388 g/mol. The lowest BCUT2D eigenvalue weighted by Gasteiger charge is -2.33. The Morgan fingerprint density at radius 3 is 2.74 bits per heavy atom. The van der Waals surface area contributed by atoms with E-state index in [9.17, 15) is 4.79 Å². The van der Waals surface area contributed by atoms with Crippen molar-refractivity contribution in [2.45, 2.75) is 73.4 Å². The number of aryl methyl sites for hydroxylation is 2. The van der Waals surface area contributed by atoms with Crippen LogP contribution in [0.25, 0.3) is 0 Å². The average Bonchev–Trinajstić information content (AvgIpc) is 3.25. The number of allylic oxidation sites excluding steroid dienone is 1. The van der Waals surface area contributed by atoms with E-state index in [-0.39, 0.29) is 17.4 Å². The molecule has 0 saturated carbocycles. The van der Waals surface area contributed by atoms with Crippen molar-refractivity contribution < 1.29 is 9.32 Å². The second-order valence-electron chi connectivity index (χ2n) is 10.1. The van der Waals surface area contributed by atoms with E-state index in [0.29, 0.717) is 11.6 Å². The number of fused-ring (bicyclic) bond motifs is 1. The number of benzene rings is 1. The highest BCUT2D eigenvalue weighted by Gasteiger charge is 2.35. The van der Waals surface area contributed by atoms with Gasteiger partial charge in [0.05, 0.1) is 18.3 Å².